The fourth-order valence-electron chi connectivity index (χ4n) is 3.24. The lowest BCUT2D eigenvalue weighted by Crippen LogP contribution is -2.35. The number of carboxylic acids is 1. The number of hydrogen-bond acceptors (Lipinski definition) is 4. The number of carbonyl (C=O) groups is 2. The van der Waals surface area contributed by atoms with E-state index in [9.17, 15) is 31.2 Å². The molecule has 11 heteroatoms. The molecule has 0 radical (unpaired) electrons. The summed E-state index contributed by atoms with van der Waals surface area (Å²) in [4.78, 5) is 24.1. The molecule has 2 aliphatic heterocycles. The van der Waals surface area contributed by atoms with Crippen LogP contribution in [0.3, 0.4) is 0 Å². The number of nitrogens with one attached hydrogen (secondary N) is 1. The van der Waals surface area contributed by atoms with E-state index in [1.54, 1.807) is 0 Å². The number of halogens is 3. The highest BCUT2D eigenvalue weighted by Crippen LogP contribution is 2.38. The Labute approximate surface area is 146 Å². The normalized spacial score (nSPS) is 24.3. The number of carbonyl (C=O) groups excluding carboxylic acids is 1. The number of amides is 2. The van der Waals surface area contributed by atoms with Gasteiger partial charge in [0.2, 0.25) is 0 Å². The molecule has 0 unspecified atom stereocenters. The standard InChI is InChI=1S/C15H15F3N2O5S/c16-15(17,18)11-7-20(6-10(11)13(21)22)14(23)19-9-2-1-8-3-4-26(24,25)12(8)5-9/h1-2,5,10-11H,3-4,6-7H2,(H,19,23)(H,21,22)/t10-,11-/m1/s1. The van der Waals surface area contributed by atoms with Gasteiger partial charge in [0.1, 0.15) is 0 Å². The Morgan fingerprint density at radius 1 is 1.23 bits per heavy atom. The van der Waals surface area contributed by atoms with Crippen LogP contribution in [0.5, 0.6) is 0 Å². The van der Waals surface area contributed by atoms with Crippen LogP contribution in [0.2, 0.25) is 0 Å². The number of fused-ring (bicyclic) bond motifs is 1. The van der Waals surface area contributed by atoms with E-state index in [2.05, 4.69) is 5.32 Å². The van der Waals surface area contributed by atoms with Gasteiger partial charge >= 0.3 is 18.2 Å². The van der Waals surface area contributed by atoms with Gasteiger partial charge in [-0.25, -0.2) is 13.2 Å². The smallest absolute Gasteiger partial charge is 0.394 e. The van der Waals surface area contributed by atoms with E-state index >= 15 is 0 Å². The highest BCUT2D eigenvalue weighted by Gasteiger charge is 2.53. The quantitative estimate of drug-likeness (QED) is 0.798. The first-order valence-electron chi connectivity index (χ1n) is 7.70. The van der Waals surface area contributed by atoms with Gasteiger partial charge in [-0.2, -0.15) is 13.2 Å². The van der Waals surface area contributed by atoms with Crippen molar-refractivity contribution in [1.29, 1.82) is 0 Å². The summed E-state index contributed by atoms with van der Waals surface area (Å²) < 4.78 is 62.8. The molecule has 0 saturated carbocycles. The van der Waals surface area contributed by atoms with Gasteiger partial charge in [-0.1, -0.05) is 6.07 Å². The fourth-order valence-corrected chi connectivity index (χ4v) is 4.82. The molecule has 1 fully saturated rings. The first-order valence-corrected chi connectivity index (χ1v) is 9.35. The molecule has 2 N–H and O–H groups in total. The Balaban J connectivity index is 1.76. The predicted octanol–water partition coefficient (Wildman–Crippen LogP) is 1.74. The maximum atomic E-state index is 13.0. The summed E-state index contributed by atoms with van der Waals surface area (Å²) in [6, 6.07) is 3.36. The van der Waals surface area contributed by atoms with Crippen molar-refractivity contribution in [1.82, 2.24) is 4.90 Å². The molecular weight excluding hydrogens is 377 g/mol. The molecule has 142 valence electrons. The number of likely N-dealkylation sites (tertiary alicyclic amines) is 1. The minimum absolute atomic E-state index is 0.0284. The van der Waals surface area contributed by atoms with Gasteiger partial charge in [0.15, 0.2) is 9.84 Å². The third-order valence-electron chi connectivity index (χ3n) is 4.64. The molecular formula is C15H15F3N2O5S. The minimum atomic E-state index is -4.74. The van der Waals surface area contributed by atoms with Crippen molar-refractivity contribution in [2.75, 3.05) is 24.2 Å². The Morgan fingerprint density at radius 2 is 1.92 bits per heavy atom. The van der Waals surface area contributed by atoms with Crippen LogP contribution in [0.1, 0.15) is 5.56 Å². The lowest BCUT2D eigenvalue weighted by Gasteiger charge is -2.19. The van der Waals surface area contributed by atoms with Crippen molar-refractivity contribution in [3.05, 3.63) is 23.8 Å². The molecule has 7 nitrogen and oxygen atoms in total. The minimum Gasteiger partial charge on any atom is -0.481 e. The number of sulfone groups is 1. The van der Waals surface area contributed by atoms with E-state index in [4.69, 9.17) is 5.11 Å². The average molecular weight is 392 g/mol. The van der Waals surface area contributed by atoms with Crippen LogP contribution in [0, 0.1) is 11.8 Å². The van der Waals surface area contributed by atoms with Gasteiger partial charge in [0.05, 0.1) is 22.5 Å². The van der Waals surface area contributed by atoms with Gasteiger partial charge < -0.3 is 15.3 Å². The second-order valence-electron chi connectivity index (χ2n) is 6.32. The van der Waals surface area contributed by atoms with E-state index in [1.807, 2.05) is 0 Å². The van der Waals surface area contributed by atoms with Crippen LogP contribution < -0.4 is 5.32 Å². The molecule has 0 spiro atoms. The van der Waals surface area contributed by atoms with Crippen LogP contribution in [-0.2, 0) is 21.1 Å². The number of carboxylic acid groups (broad SMARTS) is 1. The van der Waals surface area contributed by atoms with Crippen LogP contribution in [-0.4, -0.2) is 55.4 Å². The molecule has 2 heterocycles. The Kier molecular flexibility index (Phi) is 4.37. The summed E-state index contributed by atoms with van der Waals surface area (Å²) >= 11 is 0. The number of anilines is 1. The summed E-state index contributed by atoms with van der Waals surface area (Å²) in [5.41, 5.74) is 0.744. The van der Waals surface area contributed by atoms with Crippen molar-refractivity contribution in [2.45, 2.75) is 17.5 Å². The molecule has 26 heavy (non-hydrogen) atoms. The van der Waals surface area contributed by atoms with Crippen molar-refractivity contribution in [2.24, 2.45) is 11.8 Å². The Hall–Kier alpha value is -2.30. The molecule has 2 atom stereocenters. The molecule has 0 aromatic heterocycles. The molecule has 2 amide bonds. The number of aryl methyl sites for hydroxylation is 1. The van der Waals surface area contributed by atoms with Crippen LogP contribution in [0.25, 0.3) is 0 Å². The van der Waals surface area contributed by atoms with E-state index in [1.165, 1.54) is 18.2 Å². The summed E-state index contributed by atoms with van der Waals surface area (Å²) in [6.45, 7) is -1.34. The number of hydrogen-bond donors (Lipinski definition) is 2. The van der Waals surface area contributed by atoms with Gasteiger partial charge in [-0.15, -0.1) is 0 Å². The number of nitrogens with zero attached hydrogens (tertiary/aromatic N) is 1. The zero-order valence-corrected chi connectivity index (χ0v) is 14.1. The molecule has 0 aliphatic carbocycles. The van der Waals surface area contributed by atoms with E-state index in [0.29, 0.717) is 12.0 Å². The van der Waals surface area contributed by atoms with Gasteiger partial charge in [-0.3, -0.25) is 4.79 Å². The summed E-state index contributed by atoms with van der Waals surface area (Å²) in [7, 11) is -3.42. The Morgan fingerprint density at radius 3 is 2.50 bits per heavy atom. The van der Waals surface area contributed by atoms with E-state index < -0.39 is 52.9 Å². The van der Waals surface area contributed by atoms with Gasteiger partial charge in [0, 0.05) is 18.8 Å². The lowest BCUT2D eigenvalue weighted by molar-refractivity contribution is -0.187. The zero-order valence-electron chi connectivity index (χ0n) is 13.3. The number of alkyl halides is 3. The largest absolute Gasteiger partial charge is 0.481 e. The molecule has 3 rings (SSSR count). The fraction of sp³-hybridized carbons (Fsp3) is 0.467. The monoisotopic (exact) mass is 392 g/mol. The second kappa shape index (κ2) is 6.15. The van der Waals surface area contributed by atoms with Crippen LogP contribution in [0.15, 0.2) is 23.1 Å². The lowest BCUT2D eigenvalue weighted by atomic mass is 9.96. The van der Waals surface area contributed by atoms with Crippen LogP contribution >= 0.6 is 0 Å². The SMILES string of the molecule is O=C(O)[C@@H]1CN(C(=O)Nc2ccc3c(c2)S(=O)(=O)CC3)C[C@H]1C(F)(F)F. The maximum Gasteiger partial charge on any atom is 0.394 e. The first-order chi connectivity index (χ1) is 12.0. The van der Waals surface area contributed by atoms with Gasteiger partial charge in [0.25, 0.3) is 0 Å². The summed E-state index contributed by atoms with van der Waals surface area (Å²) in [6.07, 6.45) is -4.37. The highest BCUT2D eigenvalue weighted by molar-refractivity contribution is 7.91. The average Bonchev–Trinajstić information content (AvgIpc) is 3.10. The van der Waals surface area contributed by atoms with Crippen molar-refractivity contribution < 1.29 is 36.3 Å². The van der Waals surface area contributed by atoms with E-state index in [0.717, 1.165) is 4.90 Å². The zero-order chi connectivity index (χ0) is 19.3. The maximum absolute atomic E-state index is 13.0. The van der Waals surface area contributed by atoms with Crippen LogP contribution in [0.4, 0.5) is 23.7 Å². The molecule has 2 aliphatic rings. The van der Waals surface area contributed by atoms with Crippen molar-refractivity contribution in [3.8, 4) is 0 Å². The molecule has 1 aromatic rings. The predicted molar refractivity (Wildman–Crippen MR) is 83.5 cm³/mol. The third kappa shape index (κ3) is 3.35. The summed E-state index contributed by atoms with van der Waals surface area (Å²) in [5.74, 6) is -5.53. The van der Waals surface area contributed by atoms with Gasteiger partial charge in [-0.05, 0) is 24.1 Å². The van der Waals surface area contributed by atoms with E-state index in [-0.39, 0.29) is 16.3 Å². The topological polar surface area (TPSA) is 104 Å². The molecule has 1 saturated heterocycles. The number of urea groups is 1. The number of benzene rings is 1. The highest BCUT2D eigenvalue weighted by atomic mass is 32.2. The third-order valence-corrected chi connectivity index (χ3v) is 6.43. The first kappa shape index (κ1) is 18.5. The Bertz CT molecular complexity index is 869. The second-order valence-corrected chi connectivity index (χ2v) is 8.40. The molecule has 0 bridgehead atoms. The van der Waals surface area contributed by atoms with Crippen molar-refractivity contribution >= 4 is 27.5 Å². The summed E-state index contributed by atoms with van der Waals surface area (Å²) in [5, 5.41) is 11.3. The number of rotatable bonds is 2. The number of aliphatic carboxylic acids is 1. The molecule has 1 aromatic carbocycles. The van der Waals surface area contributed by atoms with Crippen molar-refractivity contribution in [3.63, 3.8) is 0 Å².